The fourth-order valence-electron chi connectivity index (χ4n) is 9.26. The molecule has 0 amide bonds. The SMILES string of the molecule is CC(C)[C@H](C)[C@@H](O)[C@H](O)[C@@H](C)[C@H]1CC[C@H]2[C@@H]3CC(=O)[C@H]4CCCC[C@]4(C)[C@H]3CC[C@]12C. The van der Waals surface area contributed by atoms with Crippen LogP contribution in [0.25, 0.3) is 0 Å². The van der Waals surface area contributed by atoms with Gasteiger partial charge in [-0.2, -0.15) is 0 Å². The van der Waals surface area contributed by atoms with Crippen LogP contribution in [0.3, 0.4) is 0 Å². The van der Waals surface area contributed by atoms with Crippen molar-refractivity contribution in [1.29, 1.82) is 0 Å². The van der Waals surface area contributed by atoms with Crippen molar-refractivity contribution in [2.24, 2.45) is 58.2 Å². The van der Waals surface area contributed by atoms with Crippen molar-refractivity contribution < 1.29 is 15.0 Å². The van der Waals surface area contributed by atoms with Gasteiger partial charge in [-0.25, -0.2) is 0 Å². The first kappa shape index (κ1) is 23.7. The second kappa shape index (κ2) is 8.42. The van der Waals surface area contributed by atoms with E-state index in [9.17, 15) is 15.0 Å². The zero-order chi connectivity index (χ0) is 22.7. The van der Waals surface area contributed by atoms with Gasteiger partial charge in [0.1, 0.15) is 5.78 Å². The highest BCUT2D eigenvalue weighted by Crippen LogP contribution is 2.67. The molecule has 0 bridgehead atoms. The molecule has 3 heteroatoms. The molecule has 31 heavy (non-hydrogen) atoms. The fraction of sp³-hybridized carbons (Fsp3) is 0.964. The number of carbonyl (C=O) groups excluding carboxylic acids is 1. The number of aliphatic hydroxyl groups is 2. The monoisotopic (exact) mass is 432 g/mol. The molecule has 3 nitrogen and oxygen atoms in total. The quantitative estimate of drug-likeness (QED) is 0.572. The van der Waals surface area contributed by atoms with E-state index in [1.54, 1.807) is 0 Å². The molecular formula is C28H48O3. The molecule has 0 aromatic carbocycles. The molecule has 0 aliphatic heterocycles. The molecule has 0 aromatic heterocycles. The summed E-state index contributed by atoms with van der Waals surface area (Å²) in [5, 5.41) is 22.0. The van der Waals surface area contributed by atoms with Crippen molar-refractivity contribution in [1.82, 2.24) is 0 Å². The standard InChI is InChI=1S/C28H48O3/c1-16(2)17(3)25(30)26(31)18(4)20-10-11-21-19-15-24(29)23-9-7-8-13-27(23,5)22(19)12-14-28(20,21)6/h16-23,25-26,30-31H,7-15H2,1-6H3/t17-,18-,19-,20+,21-,22-,23+,25+,26+,27+,28+/m0/s1. The van der Waals surface area contributed by atoms with Crippen LogP contribution in [-0.2, 0) is 4.79 Å². The Bertz CT molecular complexity index is 673. The van der Waals surface area contributed by atoms with Crippen LogP contribution < -0.4 is 0 Å². The number of aliphatic hydroxyl groups excluding tert-OH is 2. The van der Waals surface area contributed by atoms with Crippen molar-refractivity contribution >= 4 is 5.78 Å². The minimum atomic E-state index is -0.663. The summed E-state index contributed by atoms with van der Waals surface area (Å²) >= 11 is 0. The average molecular weight is 433 g/mol. The van der Waals surface area contributed by atoms with Crippen molar-refractivity contribution in [2.45, 2.75) is 112 Å². The van der Waals surface area contributed by atoms with E-state index >= 15 is 0 Å². The number of carbonyl (C=O) groups is 1. The van der Waals surface area contributed by atoms with Gasteiger partial charge in [-0.15, -0.1) is 0 Å². The molecule has 0 heterocycles. The van der Waals surface area contributed by atoms with E-state index in [0.717, 1.165) is 19.3 Å². The summed E-state index contributed by atoms with van der Waals surface area (Å²) in [4.78, 5) is 13.3. The fourth-order valence-corrected chi connectivity index (χ4v) is 9.26. The largest absolute Gasteiger partial charge is 0.390 e. The first-order valence-electron chi connectivity index (χ1n) is 13.4. The van der Waals surface area contributed by atoms with Gasteiger partial charge in [0.2, 0.25) is 0 Å². The van der Waals surface area contributed by atoms with Crippen LogP contribution in [0.15, 0.2) is 0 Å². The van der Waals surface area contributed by atoms with Crippen molar-refractivity contribution in [2.75, 3.05) is 0 Å². The molecule has 4 rings (SSSR count). The minimum Gasteiger partial charge on any atom is -0.390 e. The highest BCUT2D eigenvalue weighted by atomic mass is 16.3. The maximum Gasteiger partial charge on any atom is 0.136 e. The van der Waals surface area contributed by atoms with Crippen molar-refractivity contribution in [3.05, 3.63) is 0 Å². The van der Waals surface area contributed by atoms with E-state index in [1.807, 2.05) is 0 Å². The summed E-state index contributed by atoms with van der Waals surface area (Å²) in [5.41, 5.74) is 0.423. The summed E-state index contributed by atoms with van der Waals surface area (Å²) in [6.07, 6.45) is 9.20. The van der Waals surface area contributed by atoms with Crippen LogP contribution in [-0.4, -0.2) is 28.2 Å². The second-order valence-electron chi connectivity index (χ2n) is 13.0. The molecule has 178 valence electrons. The number of ketones is 1. The Labute approximate surface area is 190 Å². The third-order valence-corrected chi connectivity index (χ3v) is 11.6. The van der Waals surface area contributed by atoms with Gasteiger partial charge < -0.3 is 10.2 Å². The maximum atomic E-state index is 13.3. The van der Waals surface area contributed by atoms with E-state index in [0.29, 0.717) is 41.3 Å². The van der Waals surface area contributed by atoms with E-state index < -0.39 is 12.2 Å². The van der Waals surface area contributed by atoms with Crippen LogP contribution >= 0.6 is 0 Å². The minimum absolute atomic E-state index is 0.0948. The molecule has 11 atom stereocenters. The van der Waals surface area contributed by atoms with Crippen molar-refractivity contribution in [3.63, 3.8) is 0 Å². The van der Waals surface area contributed by atoms with E-state index in [-0.39, 0.29) is 22.7 Å². The Morgan fingerprint density at radius 2 is 1.52 bits per heavy atom. The average Bonchev–Trinajstić information content (AvgIpc) is 3.08. The van der Waals surface area contributed by atoms with Gasteiger partial charge in [-0.1, -0.05) is 54.4 Å². The molecule has 0 radical (unpaired) electrons. The molecule has 4 saturated carbocycles. The third-order valence-electron chi connectivity index (χ3n) is 11.6. The molecule has 2 N–H and O–H groups in total. The number of Topliss-reactive ketones (excluding diaryl/α,β-unsaturated/α-hetero) is 1. The lowest BCUT2D eigenvalue weighted by Gasteiger charge is -2.60. The first-order chi connectivity index (χ1) is 14.5. The third kappa shape index (κ3) is 3.65. The number of rotatable bonds is 5. The molecule has 0 unspecified atom stereocenters. The molecule has 4 fully saturated rings. The summed E-state index contributed by atoms with van der Waals surface area (Å²) in [5.74, 6) is 3.72. The molecule has 0 saturated heterocycles. The molecule has 0 aromatic rings. The van der Waals surface area contributed by atoms with Crippen LogP contribution in [0.1, 0.15) is 99.3 Å². The van der Waals surface area contributed by atoms with Gasteiger partial charge in [-0.3, -0.25) is 4.79 Å². The molecule has 0 spiro atoms. The van der Waals surface area contributed by atoms with Crippen molar-refractivity contribution in [3.8, 4) is 0 Å². The van der Waals surface area contributed by atoms with Gasteiger partial charge in [0.15, 0.2) is 0 Å². The Kier molecular flexibility index (Phi) is 6.45. The van der Waals surface area contributed by atoms with Gasteiger partial charge >= 0.3 is 0 Å². The second-order valence-corrected chi connectivity index (χ2v) is 13.0. The predicted molar refractivity (Wildman–Crippen MR) is 125 cm³/mol. The number of fused-ring (bicyclic) bond motifs is 5. The number of hydrogen-bond donors (Lipinski definition) is 2. The summed E-state index contributed by atoms with van der Waals surface area (Å²) < 4.78 is 0. The highest BCUT2D eigenvalue weighted by molar-refractivity contribution is 5.83. The summed E-state index contributed by atoms with van der Waals surface area (Å²) in [7, 11) is 0. The summed E-state index contributed by atoms with van der Waals surface area (Å²) in [6.45, 7) is 13.4. The predicted octanol–water partition coefficient (Wildman–Crippen LogP) is 5.86. The van der Waals surface area contributed by atoms with Gasteiger partial charge in [0, 0.05) is 12.3 Å². The Morgan fingerprint density at radius 1 is 0.839 bits per heavy atom. The first-order valence-corrected chi connectivity index (χ1v) is 13.4. The summed E-state index contributed by atoms with van der Waals surface area (Å²) in [6, 6.07) is 0. The lowest BCUT2D eigenvalue weighted by molar-refractivity contribution is -0.156. The van der Waals surface area contributed by atoms with Gasteiger partial charge in [-0.05, 0) is 90.8 Å². The van der Waals surface area contributed by atoms with Crippen LogP contribution in [0.5, 0.6) is 0 Å². The van der Waals surface area contributed by atoms with E-state index in [2.05, 4.69) is 41.5 Å². The Morgan fingerprint density at radius 3 is 2.19 bits per heavy atom. The topological polar surface area (TPSA) is 57.5 Å². The lowest BCUT2D eigenvalue weighted by atomic mass is 9.44. The van der Waals surface area contributed by atoms with Gasteiger partial charge in [0.05, 0.1) is 12.2 Å². The number of hydrogen-bond acceptors (Lipinski definition) is 3. The normalized spacial score (nSPS) is 46.6. The van der Waals surface area contributed by atoms with Crippen LogP contribution in [0.4, 0.5) is 0 Å². The van der Waals surface area contributed by atoms with Gasteiger partial charge in [0.25, 0.3) is 0 Å². The van der Waals surface area contributed by atoms with Crippen LogP contribution in [0.2, 0.25) is 0 Å². The maximum absolute atomic E-state index is 13.3. The molecule has 4 aliphatic carbocycles. The smallest absolute Gasteiger partial charge is 0.136 e. The van der Waals surface area contributed by atoms with E-state index in [4.69, 9.17) is 0 Å². The van der Waals surface area contributed by atoms with E-state index in [1.165, 1.54) is 38.5 Å². The zero-order valence-electron chi connectivity index (χ0n) is 20.9. The highest BCUT2D eigenvalue weighted by Gasteiger charge is 2.62. The zero-order valence-corrected chi connectivity index (χ0v) is 20.9. The Balaban J connectivity index is 1.54. The lowest BCUT2D eigenvalue weighted by Crippen LogP contribution is -2.56. The Hall–Kier alpha value is -0.410. The van der Waals surface area contributed by atoms with Crippen LogP contribution in [0, 0.1) is 58.2 Å². The molecular weight excluding hydrogens is 384 g/mol. The molecule has 4 aliphatic rings.